The molecular formula is C19H20ClN3O4S. The first-order chi connectivity index (χ1) is 13.3. The minimum atomic E-state index is -3.86. The molecule has 1 saturated heterocycles. The number of halogens is 1. The molecule has 0 unspecified atom stereocenters. The lowest BCUT2D eigenvalue weighted by atomic mass is 10.2. The molecule has 2 aromatic carbocycles. The molecule has 0 aliphatic carbocycles. The molecule has 7 nitrogen and oxygen atoms in total. The summed E-state index contributed by atoms with van der Waals surface area (Å²) in [7, 11) is -3.86. The van der Waals surface area contributed by atoms with E-state index < -0.39 is 22.0 Å². The van der Waals surface area contributed by atoms with Crippen LogP contribution in [0.25, 0.3) is 0 Å². The van der Waals surface area contributed by atoms with E-state index >= 15 is 0 Å². The van der Waals surface area contributed by atoms with Gasteiger partial charge in [0.1, 0.15) is 0 Å². The number of nitrogens with zero attached hydrogens (tertiary/aromatic N) is 1. The number of carbonyl (C=O) groups excluding carboxylic acids is 2. The van der Waals surface area contributed by atoms with Gasteiger partial charge in [0.25, 0.3) is 0 Å². The van der Waals surface area contributed by atoms with Crippen molar-refractivity contribution >= 4 is 44.8 Å². The highest BCUT2D eigenvalue weighted by Crippen LogP contribution is 2.24. The molecule has 2 N–H and O–H groups in total. The molecule has 1 aliphatic heterocycles. The molecule has 0 radical (unpaired) electrons. The predicted molar refractivity (Wildman–Crippen MR) is 108 cm³/mol. The average molecular weight is 422 g/mol. The Morgan fingerprint density at radius 2 is 1.89 bits per heavy atom. The first-order valence-electron chi connectivity index (χ1n) is 8.75. The number of rotatable bonds is 6. The number of nitrogens with one attached hydrogen (secondary N) is 2. The van der Waals surface area contributed by atoms with Crippen LogP contribution in [-0.4, -0.2) is 32.8 Å². The third kappa shape index (κ3) is 4.70. The molecule has 3 rings (SSSR count). The maximum absolute atomic E-state index is 12.4. The number of anilines is 2. The van der Waals surface area contributed by atoms with Crippen LogP contribution in [-0.2, 0) is 19.6 Å². The zero-order valence-electron chi connectivity index (χ0n) is 15.2. The molecular weight excluding hydrogens is 402 g/mol. The van der Waals surface area contributed by atoms with E-state index in [1.54, 1.807) is 29.2 Å². The summed E-state index contributed by atoms with van der Waals surface area (Å²) < 4.78 is 27.1. The van der Waals surface area contributed by atoms with Gasteiger partial charge in [-0.25, -0.2) is 8.42 Å². The summed E-state index contributed by atoms with van der Waals surface area (Å²) in [5, 5.41) is 3.10. The van der Waals surface area contributed by atoms with Gasteiger partial charge in [0.15, 0.2) is 0 Å². The van der Waals surface area contributed by atoms with Gasteiger partial charge in [-0.3, -0.25) is 9.59 Å². The fourth-order valence-electron chi connectivity index (χ4n) is 2.89. The number of amides is 2. The lowest BCUT2D eigenvalue weighted by Crippen LogP contribution is -2.41. The van der Waals surface area contributed by atoms with Crippen LogP contribution in [0.3, 0.4) is 0 Å². The maximum Gasteiger partial charge on any atom is 0.242 e. The molecule has 1 aliphatic rings. The van der Waals surface area contributed by atoms with Crippen molar-refractivity contribution in [1.82, 2.24) is 4.72 Å². The van der Waals surface area contributed by atoms with Gasteiger partial charge >= 0.3 is 0 Å². The number of benzene rings is 2. The second kappa shape index (κ2) is 8.30. The Kier molecular flexibility index (Phi) is 6.02. The lowest BCUT2D eigenvalue weighted by Gasteiger charge is -2.18. The molecule has 0 aromatic heterocycles. The minimum Gasteiger partial charge on any atom is -0.325 e. The molecule has 1 heterocycles. The third-order valence-corrected chi connectivity index (χ3v) is 6.16. The van der Waals surface area contributed by atoms with Gasteiger partial charge < -0.3 is 10.2 Å². The van der Waals surface area contributed by atoms with E-state index in [2.05, 4.69) is 10.0 Å². The van der Waals surface area contributed by atoms with Crippen molar-refractivity contribution in [1.29, 1.82) is 0 Å². The van der Waals surface area contributed by atoms with Crippen LogP contribution in [0, 0.1) is 0 Å². The maximum atomic E-state index is 12.4. The van der Waals surface area contributed by atoms with Gasteiger partial charge in [-0.1, -0.05) is 17.7 Å². The molecule has 148 valence electrons. The van der Waals surface area contributed by atoms with Crippen molar-refractivity contribution in [2.45, 2.75) is 30.7 Å². The normalized spacial score (nSPS) is 15.5. The zero-order valence-corrected chi connectivity index (χ0v) is 16.8. The van der Waals surface area contributed by atoms with Crippen LogP contribution in [0.4, 0.5) is 11.4 Å². The van der Waals surface area contributed by atoms with Crippen molar-refractivity contribution in [2.75, 3.05) is 16.8 Å². The van der Waals surface area contributed by atoms with Gasteiger partial charge in [0.05, 0.1) is 10.9 Å². The van der Waals surface area contributed by atoms with Crippen molar-refractivity contribution in [2.24, 2.45) is 0 Å². The summed E-state index contributed by atoms with van der Waals surface area (Å²) in [5.74, 6) is -0.463. The first-order valence-corrected chi connectivity index (χ1v) is 10.6. The molecule has 9 heteroatoms. The zero-order chi connectivity index (χ0) is 20.3. The average Bonchev–Trinajstić information content (AvgIpc) is 3.08. The van der Waals surface area contributed by atoms with E-state index in [0.29, 0.717) is 29.4 Å². The van der Waals surface area contributed by atoms with Crippen molar-refractivity contribution < 1.29 is 18.0 Å². The molecule has 1 fully saturated rings. The Hall–Kier alpha value is -2.42. The van der Waals surface area contributed by atoms with Crippen molar-refractivity contribution in [3.05, 3.63) is 53.6 Å². The summed E-state index contributed by atoms with van der Waals surface area (Å²) >= 11 is 5.77. The Labute approximate surface area is 168 Å². The Balaban J connectivity index is 1.67. The molecule has 0 spiro atoms. The van der Waals surface area contributed by atoms with Crippen LogP contribution in [0.2, 0.25) is 5.02 Å². The summed E-state index contributed by atoms with van der Waals surface area (Å²) in [6, 6.07) is 11.6. The highest BCUT2D eigenvalue weighted by atomic mass is 35.5. The van der Waals surface area contributed by atoms with E-state index in [-0.39, 0.29) is 10.8 Å². The Morgan fingerprint density at radius 1 is 1.18 bits per heavy atom. The highest BCUT2D eigenvalue weighted by molar-refractivity contribution is 7.89. The quantitative estimate of drug-likeness (QED) is 0.749. The smallest absolute Gasteiger partial charge is 0.242 e. The predicted octanol–water partition coefficient (Wildman–Crippen LogP) is 2.77. The largest absolute Gasteiger partial charge is 0.325 e. The monoisotopic (exact) mass is 421 g/mol. The van der Waals surface area contributed by atoms with Gasteiger partial charge in [-0.2, -0.15) is 4.72 Å². The molecule has 2 aromatic rings. The highest BCUT2D eigenvalue weighted by Gasteiger charge is 2.24. The van der Waals surface area contributed by atoms with E-state index in [1.165, 1.54) is 31.2 Å². The van der Waals surface area contributed by atoms with Gasteiger partial charge in [0, 0.05) is 29.4 Å². The van der Waals surface area contributed by atoms with Crippen LogP contribution in [0.5, 0.6) is 0 Å². The molecule has 0 bridgehead atoms. The van der Waals surface area contributed by atoms with Gasteiger partial charge in [0.2, 0.25) is 21.8 Å². The second-order valence-corrected chi connectivity index (χ2v) is 8.64. The van der Waals surface area contributed by atoms with Crippen LogP contribution in [0.15, 0.2) is 53.4 Å². The van der Waals surface area contributed by atoms with E-state index in [4.69, 9.17) is 11.6 Å². The third-order valence-electron chi connectivity index (χ3n) is 4.35. The Morgan fingerprint density at radius 3 is 2.54 bits per heavy atom. The molecule has 2 amide bonds. The minimum absolute atomic E-state index is 0.0195. The molecule has 28 heavy (non-hydrogen) atoms. The standard InChI is InChI=1S/C19H20ClN3O4S/c1-13(22-28(26,27)17-9-7-14(20)8-10-17)19(25)21-15-4-2-5-16(12-15)23-11-3-6-18(23)24/h2,4-5,7-10,12-13,22H,3,6,11H2,1H3,(H,21,25)/t13-/m0/s1. The number of sulfonamides is 1. The summed E-state index contributed by atoms with van der Waals surface area (Å²) in [4.78, 5) is 26.0. The van der Waals surface area contributed by atoms with Crippen molar-refractivity contribution in [3.8, 4) is 0 Å². The van der Waals surface area contributed by atoms with E-state index in [9.17, 15) is 18.0 Å². The van der Waals surface area contributed by atoms with E-state index in [0.717, 1.165) is 6.42 Å². The number of hydrogen-bond donors (Lipinski definition) is 2. The Bertz CT molecular complexity index is 992. The summed E-state index contributed by atoms with van der Waals surface area (Å²) in [6.07, 6.45) is 1.32. The fourth-order valence-corrected chi connectivity index (χ4v) is 4.22. The van der Waals surface area contributed by atoms with Crippen molar-refractivity contribution in [3.63, 3.8) is 0 Å². The van der Waals surface area contributed by atoms with Gasteiger partial charge in [-0.05, 0) is 55.8 Å². The number of carbonyl (C=O) groups is 2. The van der Waals surface area contributed by atoms with E-state index in [1.807, 2.05) is 0 Å². The first kappa shape index (κ1) is 20.3. The number of hydrogen-bond acceptors (Lipinski definition) is 4. The lowest BCUT2D eigenvalue weighted by molar-refractivity contribution is -0.117. The fraction of sp³-hybridized carbons (Fsp3) is 0.263. The summed E-state index contributed by atoms with van der Waals surface area (Å²) in [6.45, 7) is 2.10. The van der Waals surface area contributed by atoms with Crippen LogP contribution in [0.1, 0.15) is 19.8 Å². The molecule has 1 atom stereocenters. The van der Waals surface area contributed by atoms with Crippen LogP contribution >= 0.6 is 11.6 Å². The summed E-state index contributed by atoms with van der Waals surface area (Å²) in [5.41, 5.74) is 1.19. The van der Waals surface area contributed by atoms with Crippen LogP contribution < -0.4 is 14.9 Å². The van der Waals surface area contributed by atoms with Gasteiger partial charge in [-0.15, -0.1) is 0 Å². The molecule has 0 saturated carbocycles. The second-order valence-electron chi connectivity index (χ2n) is 6.49. The topological polar surface area (TPSA) is 95.6 Å². The SMILES string of the molecule is C[C@H](NS(=O)(=O)c1ccc(Cl)cc1)C(=O)Nc1cccc(N2CCCC2=O)c1.